The summed E-state index contributed by atoms with van der Waals surface area (Å²) in [4.78, 5) is 22.6. The van der Waals surface area contributed by atoms with Crippen molar-refractivity contribution in [1.29, 1.82) is 0 Å². The lowest BCUT2D eigenvalue weighted by Crippen LogP contribution is -2.17. The molecule has 132 valence electrons. The topological polar surface area (TPSA) is 86.6 Å². The molecule has 0 amide bonds. The van der Waals surface area contributed by atoms with Crippen molar-refractivity contribution < 1.29 is 24.2 Å². The highest BCUT2D eigenvalue weighted by atomic mass is 35.5. The van der Waals surface area contributed by atoms with Gasteiger partial charge in [-0.15, -0.1) is 0 Å². The first-order valence-electron chi connectivity index (χ1n) is 7.62. The van der Waals surface area contributed by atoms with E-state index in [1.165, 1.54) is 18.2 Å². The number of rotatable bonds is 7. The number of anilines is 2. The maximum absolute atomic E-state index is 14.0. The van der Waals surface area contributed by atoms with Gasteiger partial charge in [-0.05, 0) is 35.7 Å². The van der Waals surface area contributed by atoms with Crippen LogP contribution in [0.2, 0.25) is 5.02 Å². The highest BCUT2D eigenvalue weighted by Gasteiger charge is 2.26. The number of carboxylic acid groups (broad SMARTS) is 2. The lowest BCUT2D eigenvalue weighted by atomic mass is 9.92. The molecule has 0 saturated carbocycles. The van der Waals surface area contributed by atoms with Gasteiger partial charge in [-0.25, -0.2) is 4.39 Å². The number of hydrogen-bond acceptors (Lipinski definition) is 3. The molecule has 0 saturated heterocycles. The minimum Gasteiger partial charge on any atom is -0.481 e. The van der Waals surface area contributed by atoms with Crippen molar-refractivity contribution in [1.82, 2.24) is 0 Å². The van der Waals surface area contributed by atoms with Gasteiger partial charge in [0.2, 0.25) is 0 Å². The summed E-state index contributed by atoms with van der Waals surface area (Å²) < 4.78 is 14.0. The first-order chi connectivity index (χ1) is 11.8. The predicted molar refractivity (Wildman–Crippen MR) is 93.1 cm³/mol. The number of benzene rings is 2. The van der Waals surface area contributed by atoms with Crippen LogP contribution in [0.25, 0.3) is 0 Å². The molecule has 0 heterocycles. The van der Waals surface area contributed by atoms with Gasteiger partial charge in [-0.2, -0.15) is 0 Å². The molecule has 1 atom stereocenters. The molecule has 0 fully saturated rings. The van der Waals surface area contributed by atoms with E-state index in [4.69, 9.17) is 16.7 Å². The molecular weight excluding hydrogens is 349 g/mol. The molecule has 0 aromatic heterocycles. The molecule has 2 rings (SSSR count). The van der Waals surface area contributed by atoms with E-state index in [0.29, 0.717) is 12.1 Å². The van der Waals surface area contributed by atoms with E-state index in [2.05, 4.69) is 5.32 Å². The number of carboxylic acids is 2. The van der Waals surface area contributed by atoms with Crippen LogP contribution in [0.3, 0.4) is 0 Å². The van der Waals surface area contributed by atoms with Gasteiger partial charge in [0, 0.05) is 5.69 Å². The Kier molecular flexibility index (Phi) is 5.98. The van der Waals surface area contributed by atoms with E-state index in [-0.39, 0.29) is 16.3 Å². The number of hydrogen-bond donors (Lipinski definition) is 3. The molecule has 0 bridgehead atoms. The Labute approximate surface area is 149 Å². The summed E-state index contributed by atoms with van der Waals surface area (Å²) in [5.41, 5.74) is 1.43. The van der Waals surface area contributed by atoms with Crippen LogP contribution in [-0.2, 0) is 16.0 Å². The van der Waals surface area contributed by atoms with Gasteiger partial charge >= 0.3 is 11.9 Å². The van der Waals surface area contributed by atoms with Crippen molar-refractivity contribution in [3.8, 4) is 0 Å². The number of halogens is 2. The fourth-order valence-corrected chi connectivity index (χ4v) is 2.70. The minimum absolute atomic E-state index is 0.00845. The molecule has 3 N–H and O–H groups in total. The molecule has 5 nitrogen and oxygen atoms in total. The summed E-state index contributed by atoms with van der Waals surface area (Å²) in [7, 11) is 0. The first-order valence-corrected chi connectivity index (χ1v) is 7.99. The molecule has 2 aromatic carbocycles. The van der Waals surface area contributed by atoms with Crippen LogP contribution in [0.4, 0.5) is 15.8 Å². The molecule has 2 aromatic rings. The average molecular weight is 366 g/mol. The second kappa shape index (κ2) is 7.98. The highest BCUT2D eigenvalue weighted by Crippen LogP contribution is 2.34. The van der Waals surface area contributed by atoms with Gasteiger partial charge < -0.3 is 15.5 Å². The Morgan fingerprint density at radius 1 is 1.24 bits per heavy atom. The zero-order valence-electron chi connectivity index (χ0n) is 13.4. The van der Waals surface area contributed by atoms with Crippen LogP contribution < -0.4 is 5.32 Å². The maximum atomic E-state index is 14.0. The summed E-state index contributed by atoms with van der Waals surface area (Å²) in [6.45, 7) is 1.90. The molecule has 0 spiro atoms. The minimum atomic E-state index is -1.27. The van der Waals surface area contributed by atoms with Crippen LogP contribution in [0.1, 0.15) is 30.4 Å². The van der Waals surface area contributed by atoms with Gasteiger partial charge in [-0.1, -0.05) is 36.7 Å². The van der Waals surface area contributed by atoms with E-state index < -0.39 is 30.1 Å². The van der Waals surface area contributed by atoms with Crippen molar-refractivity contribution in [3.63, 3.8) is 0 Å². The average Bonchev–Trinajstić information content (AvgIpc) is 2.56. The van der Waals surface area contributed by atoms with Crippen LogP contribution >= 0.6 is 11.6 Å². The molecule has 25 heavy (non-hydrogen) atoms. The lowest BCUT2D eigenvalue weighted by molar-refractivity contribution is -0.145. The third-order valence-corrected chi connectivity index (χ3v) is 4.11. The summed E-state index contributed by atoms with van der Waals surface area (Å²) >= 11 is 6.00. The SMILES string of the molecule is CCc1ccc(Nc2c(F)cccc2Cl)c(C(CC(=O)O)C(=O)O)c1. The number of aliphatic carboxylic acids is 2. The molecule has 0 aliphatic heterocycles. The second-order valence-electron chi connectivity index (χ2n) is 5.49. The fourth-order valence-electron chi connectivity index (χ4n) is 2.49. The third kappa shape index (κ3) is 4.48. The second-order valence-corrected chi connectivity index (χ2v) is 5.89. The monoisotopic (exact) mass is 365 g/mol. The van der Waals surface area contributed by atoms with Gasteiger partial charge in [0.05, 0.1) is 23.0 Å². The van der Waals surface area contributed by atoms with Crippen LogP contribution in [0.15, 0.2) is 36.4 Å². The molecular formula is C18H17ClFNO4. The summed E-state index contributed by atoms with van der Waals surface area (Å²) in [5, 5.41) is 21.4. The third-order valence-electron chi connectivity index (χ3n) is 3.80. The van der Waals surface area contributed by atoms with Crippen LogP contribution in [0, 0.1) is 5.82 Å². The molecule has 0 aliphatic carbocycles. The smallest absolute Gasteiger partial charge is 0.311 e. The van der Waals surface area contributed by atoms with Gasteiger partial charge in [0.1, 0.15) is 5.82 Å². The Balaban J connectivity index is 2.54. The van der Waals surface area contributed by atoms with E-state index in [1.807, 2.05) is 6.92 Å². The number of nitrogens with one attached hydrogen (secondary N) is 1. The van der Waals surface area contributed by atoms with Crippen molar-refractivity contribution in [2.75, 3.05) is 5.32 Å². The lowest BCUT2D eigenvalue weighted by Gasteiger charge is -2.19. The van der Waals surface area contributed by atoms with Gasteiger partial charge in [0.15, 0.2) is 0 Å². The van der Waals surface area contributed by atoms with E-state index in [1.54, 1.807) is 18.2 Å². The van der Waals surface area contributed by atoms with Crippen molar-refractivity contribution >= 4 is 34.9 Å². The van der Waals surface area contributed by atoms with E-state index >= 15 is 0 Å². The number of carbonyl (C=O) groups is 2. The zero-order chi connectivity index (χ0) is 18.6. The Morgan fingerprint density at radius 3 is 2.52 bits per heavy atom. The van der Waals surface area contributed by atoms with E-state index in [9.17, 15) is 19.1 Å². The fraction of sp³-hybridized carbons (Fsp3) is 0.222. The molecule has 0 radical (unpaired) electrons. The maximum Gasteiger partial charge on any atom is 0.311 e. The zero-order valence-corrected chi connectivity index (χ0v) is 14.2. The Hall–Kier alpha value is -2.60. The first kappa shape index (κ1) is 18.7. The highest BCUT2D eigenvalue weighted by molar-refractivity contribution is 6.33. The van der Waals surface area contributed by atoms with Crippen molar-refractivity contribution in [3.05, 3.63) is 58.4 Å². The molecule has 7 heteroatoms. The molecule has 1 unspecified atom stereocenters. The predicted octanol–water partition coefficient (Wildman–Crippen LogP) is 4.43. The summed E-state index contributed by atoms with van der Waals surface area (Å²) in [6, 6.07) is 9.17. The standard InChI is InChI=1S/C18H17ClFNO4/c1-2-10-6-7-15(21-17-13(19)4-3-5-14(17)20)11(8-10)12(18(24)25)9-16(22)23/h3-8,12,21H,2,9H2,1H3,(H,22,23)(H,24,25). The van der Waals surface area contributed by atoms with Gasteiger partial charge in [0.25, 0.3) is 0 Å². The van der Waals surface area contributed by atoms with Crippen LogP contribution in [-0.4, -0.2) is 22.2 Å². The Bertz CT molecular complexity index is 789. The van der Waals surface area contributed by atoms with Gasteiger partial charge in [-0.3, -0.25) is 9.59 Å². The van der Waals surface area contributed by atoms with Crippen molar-refractivity contribution in [2.45, 2.75) is 25.7 Å². The van der Waals surface area contributed by atoms with E-state index in [0.717, 1.165) is 5.56 Å². The van der Waals surface area contributed by atoms with Crippen molar-refractivity contribution in [2.24, 2.45) is 0 Å². The summed E-state index contributed by atoms with van der Waals surface area (Å²) in [6.07, 6.45) is 0.0648. The Morgan fingerprint density at radius 2 is 1.96 bits per heavy atom. The van der Waals surface area contributed by atoms with Crippen LogP contribution in [0.5, 0.6) is 0 Å². The summed E-state index contributed by atoms with van der Waals surface area (Å²) in [5.74, 6) is -4.36. The normalized spacial score (nSPS) is 11.8. The molecule has 0 aliphatic rings. The number of para-hydroxylation sites is 1. The number of aryl methyl sites for hydroxylation is 1. The quantitative estimate of drug-likeness (QED) is 0.675. The largest absolute Gasteiger partial charge is 0.481 e.